The number of aromatic amines is 1. The maximum absolute atomic E-state index is 10.1. The van der Waals surface area contributed by atoms with E-state index in [2.05, 4.69) is 10.3 Å². The van der Waals surface area contributed by atoms with Gasteiger partial charge in [-0.3, -0.25) is 0 Å². The van der Waals surface area contributed by atoms with Crippen molar-refractivity contribution < 1.29 is 5.11 Å². The molecule has 4 heteroatoms. The van der Waals surface area contributed by atoms with Crippen LogP contribution >= 0.6 is 11.6 Å². The molecule has 0 radical (unpaired) electrons. The lowest BCUT2D eigenvalue weighted by molar-refractivity contribution is 0.174. The van der Waals surface area contributed by atoms with E-state index in [0.29, 0.717) is 13.1 Å². The fraction of sp³-hybridized carbons (Fsp3) is 0.176. The maximum atomic E-state index is 10.1. The minimum atomic E-state index is -0.495. The second kappa shape index (κ2) is 6.31. The Morgan fingerprint density at radius 2 is 1.95 bits per heavy atom. The van der Waals surface area contributed by atoms with Gasteiger partial charge in [-0.25, -0.2) is 0 Å². The molecule has 0 aliphatic rings. The van der Waals surface area contributed by atoms with Crippen LogP contribution in [0.2, 0.25) is 5.02 Å². The molecule has 3 nitrogen and oxygen atoms in total. The van der Waals surface area contributed by atoms with Gasteiger partial charge in [-0.1, -0.05) is 48.0 Å². The van der Waals surface area contributed by atoms with Crippen LogP contribution in [-0.4, -0.2) is 16.6 Å². The minimum absolute atomic E-state index is 0.495. The predicted octanol–water partition coefficient (Wildman–Crippen LogP) is 3.64. The third-order valence-electron chi connectivity index (χ3n) is 3.57. The Balaban J connectivity index is 1.62. The van der Waals surface area contributed by atoms with E-state index in [0.717, 1.165) is 21.5 Å². The lowest BCUT2D eigenvalue weighted by Gasteiger charge is -2.11. The summed E-state index contributed by atoms with van der Waals surface area (Å²) in [4.78, 5) is 3.21. The number of rotatable bonds is 5. The molecule has 0 fully saturated rings. The van der Waals surface area contributed by atoms with E-state index < -0.39 is 6.10 Å². The summed E-state index contributed by atoms with van der Waals surface area (Å²) in [6, 6.07) is 15.5. The molecule has 3 rings (SSSR count). The van der Waals surface area contributed by atoms with Crippen molar-refractivity contribution in [1.29, 1.82) is 0 Å². The maximum Gasteiger partial charge on any atom is 0.0914 e. The molecule has 1 heterocycles. The van der Waals surface area contributed by atoms with Crippen molar-refractivity contribution in [2.75, 3.05) is 6.54 Å². The second-order valence-corrected chi connectivity index (χ2v) is 5.50. The number of aliphatic hydroxyl groups is 1. The average Bonchev–Trinajstić information content (AvgIpc) is 2.90. The SMILES string of the molecule is OC(CNCc1c[nH]c2cc(Cl)ccc12)c1ccccc1. The van der Waals surface area contributed by atoms with Gasteiger partial charge in [0.15, 0.2) is 0 Å². The van der Waals surface area contributed by atoms with E-state index in [-0.39, 0.29) is 0 Å². The number of halogens is 1. The van der Waals surface area contributed by atoms with E-state index in [1.807, 2.05) is 54.7 Å². The summed E-state index contributed by atoms with van der Waals surface area (Å²) in [5.41, 5.74) is 3.13. The monoisotopic (exact) mass is 300 g/mol. The van der Waals surface area contributed by atoms with Crippen LogP contribution in [0.25, 0.3) is 10.9 Å². The van der Waals surface area contributed by atoms with Crippen LogP contribution in [-0.2, 0) is 6.54 Å². The molecule has 3 aromatic rings. The molecule has 21 heavy (non-hydrogen) atoms. The molecule has 0 bridgehead atoms. The molecule has 1 aromatic heterocycles. The zero-order valence-corrected chi connectivity index (χ0v) is 12.3. The van der Waals surface area contributed by atoms with Gasteiger partial charge in [0.1, 0.15) is 0 Å². The zero-order chi connectivity index (χ0) is 14.7. The van der Waals surface area contributed by atoms with Crippen molar-refractivity contribution in [2.45, 2.75) is 12.6 Å². The molecule has 0 aliphatic carbocycles. The molecule has 0 spiro atoms. The predicted molar refractivity (Wildman–Crippen MR) is 86.4 cm³/mol. The van der Waals surface area contributed by atoms with Gasteiger partial charge in [0.25, 0.3) is 0 Å². The van der Waals surface area contributed by atoms with E-state index in [1.54, 1.807) is 0 Å². The summed E-state index contributed by atoms with van der Waals surface area (Å²) >= 11 is 5.97. The molecule has 1 unspecified atom stereocenters. The van der Waals surface area contributed by atoms with Crippen LogP contribution in [0.4, 0.5) is 0 Å². The fourth-order valence-corrected chi connectivity index (χ4v) is 2.61. The van der Waals surface area contributed by atoms with Gasteiger partial charge in [0.05, 0.1) is 6.10 Å². The molecule has 2 aromatic carbocycles. The quantitative estimate of drug-likeness (QED) is 0.673. The zero-order valence-electron chi connectivity index (χ0n) is 11.5. The first-order valence-electron chi connectivity index (χ1n) is 6.93. The molecule has 0 saturated carbocycles. The Hall–Kier alpha value is -1.81. The van der Waals surface area contributed by atoms with Crippen LogP contribution in [0.15, 0.2) is 54.7 Å². The standard InChI is InChI=1S/C17H17ClN2O/c18-14-6-7-15-13(10-20-16(15)8-14)9-19-11-17(21)12-4-2-1-3-5-12/h1-8,10,17,19-21H,9,11H2. The Morgan fingerprint density at radius 3 is 2.76 bits per heavy atom. The van der Waals surface area contributed by atoms with Crippen molar-refractivity contribution in [3.05, 3.63) is 70.9 Å². The number of hydrogen-bond donors (Lipinski definition) is 3. The first-order chi connectivity index (χ1) is 10.2. The van der Waals surface area contributed by atoms with Crippen LogP contribution in [0.1, 0.15) is 17.2 Å². The minimum Gasteiger partial charge on any atom is -0.387 e. The summed E-state index contributed by atoms with van der Waals surface area (Å²) in [5.74, 6) is 0. The van der Waals surface area contributed by atoms with Gasteiger partial charge in [-0.15, -0.1) is 0 Å². The average molecular weight is 301 g/mol. The van der Waals surface area contributed by atoms with Crippen molar-refractivity contribution in [2.24, 2.45) is 0 Å². The van der Waals surface area contributed by atoms with Gasteiger partial charge in [0.2, 0.25) is 0 Å². The third kappa shape index (κ3) is 3.27. The van der Waals surface area contributed by atoms with Crippen molar-refractivity contribution in [3.63, 3.8) is 0 Å². The van der Waals surface area contributed by atoms with E-state index >= 15 is 0 Å². The van der Waals surface area contributed by atoms with Gasteiger partial charge in [0, 0.05) is 35.2 Å². The smallest absolute Gasteiger partial charge is 0.0914 e. The highest BCUT2D eigenvalue weighted by atomic mass is 35.5. The number of nitrogens with one attached hydrogen (secondary N) is 2. The number of fused-ring (bicyclic) bond motifs is 1. The molecule has 0 aliphatic heterocycles. The number of H-pyrrole nitrogens is 1. The summed E-state index contributed by atoms with van der Waals surface area (Å²) in [7, 11) is 0. The molecule has 0 saturated heterocycles. The van der Waals surface area contributed by atoms with E-state index in [9.17, 15) is 5.11 Å². The van der Waals surface area contributed by atoms with Crippen LogP contribution in [0, 0.1) is 0 Å². The van der Waals surface area contributed by atoms with Crippen LogP contribution < -0.4 is 5.32 Å². The highest BCUT2D eigenvalue weighted by molar-refractivity contribution is 6.31. The lowest BCUT2D eigenvalue weighted by atomic mass is 10.1. The fourth-order valence-electron chi connectivity index (χ4n) is 2.44. The van der Waals surface area contributed by atoms with Gasteiger partial charge >= 0.3 is 0 Å². The van der Waals surface area contributed by atoms with Gasteiger partial charge in [-0.2, -0.15) is 0 Å². The lowest BCUT2D eigenvalue weighted by Crippen LogP contribution is -2.20. The molecular weight excluding hydrogens is 284 g/mol. The normalized spacial score (nSPS) is 12.7. The molecule has 0 amide bonds. The summed E-state index contributed by atoms with van der Waals surface area (Å²) in [6.07, 6.45) is 1.48. The second-order valence-electron chi connectivity index (χ2n) is 5.06. The molecule has 1 atom stereocenters. The van der Waals surface area contributed by atoms with E-state index in [4.69, 9.17) is 11.6 Å². The van der Waals surface area contributed by atoms with Crippen LogP contribution in [0.5, 0.6) is 0 Å². The number of aliphatic hydroxyl groups excluding tert-OH is 1. The Morgan fingerprint density at radius 1 is 1.14 bits per heavy atom. The third-order valence-corrected chi connectivity index (χ3v) is 3.80. The highest BCUT2D eigenvalue weighted by Crippen LogP contribution is 2.22. The molecule has 3 N–H and O–H groups in total. The van der Waals surface area contributed by atoms with E-state index in [1.165, 1.54) is 5.56 Å². The summed E-state index contributed by atoms with van der Waals surface area (Å²) in [6.45, 7) is 1.22. The highest BCUT2D eigenvalue weighted by Gasteiger charge is 2.08. The summed E-state index contributed by atoms with van der Waals surface area (Å²) in [5, 5.41) is 15.3. The Labute approximate surface area is 128 Å². The number of benzene rings is 2. The van der Waals surface area contributed by atoms with Crippen molar-refractivity contribution >= 4 is 22.5 Å². The number of hydrogen-bond acceptors (Lipinski definition) is 2. The van der Waals surface area contributed by atoms with Gasteiger partial charge < -0.3 is 15.4 Å². The first kappa shape index (κ1) is 14.1. The van der Waals surface area contributed by atoms with Crippen molar-refractivity contribution in [1.82, 2.24) is 10.3 Å². The largest absolute Gasteiger partial charge is 0.387 e. The first-order valence-corrected chi connectivity index (χ1v) is 7.31. The van der Waals surface area contributed by atoms with Crippen LogP contribution in [0.3, 0.4) is 0 Å². The molecular formula is C17H17ClN2O. The molecule has 108 valence electrons. The summed E-state index contributed by atoms with van der Waals surface area (Å²) < 4.78 is 0. The Bertz CT molecular complexity index is 724. The van der Waals surface area contributed by atoms with Gasteiger partial charge in [-0.05, 0) is 23.3 Å². The number of aromatic nitrogens is 1. The van der Waals surface area contributed by atoms with Crippen molar-refractivity contribution in [3.8, 4) is 0 Å². The topological polar surface area (TPSA) is 48.0 Å². The Kier molecular flexibility index (Phi) is 4.25.